The van der Waals surface area contributed by atoms with Gasteiger partial charge in [-0.15, -0.1) is 0 Å². The molecule has 2 atom stereocenters. The first kappa shape index (κ1) is 24.4. The Labute approximate surface area is 195 Å². The SMILES string of the molecule is CC(C)C[C@H](OC(c1ccccc1)c1ccc(C(=O)N2CCNCC2)cc1)C(=O)NCC#N. The Morgan fingerprint density at radius 1 is 1.06 bits per heavy atom. The zero-order chi connectivity index (χ0) is 23.6. The number of piperazine rings is 1. The second kappa shape index (κ2) is 12.1. The average Bonchev–Trinajstić information content (AvgIpc) is 2.85. The molecule has 2 aromatic rings. The van der Waals surface area contributed by atoms with Crippen molar-refractivity contribution in [1.29, 1.82) is 5.26 Å². The minimum atomic E-state index is -0.703. The van der Waals surface area contributed by atoms with E-state index in [1.54, 1.807) is 0 Å². The van der Waals surface area contributed by atoms with Crippen molar-refractivity contribution >= 4 is 11.8 Å². The molecule has 7 nitrogen and oxygen atoms in total. The summed E-state index contributed by atoms with van der Waals surface area (Å²) in [5.74, 6) is -0.0382. The summed E-state index contributed by atoms with van der Waals surface area (Å²) >= 11 is 0. The van der Waals surface area contributed by atoms with Crippen LogP contribution in [0.3, 0.4) is 0 Å². The first-order chi connectivity index (χ1) is 16.0. The van der Waals surface area contributed by atoms with E-state index >= 15 is 0 Å². The number of nitrogens with one attached hydrogen (secondary N) is 2. The predicted molar refractivity (Wildman–Crippen MR) is 126 cm³/mol. The Bertz CT molecular complexity index is 948. The van der Waals surface area contributed by atoms with Gasteiger partial charge in [0.2, 0.25) is 5.91 Å². The van der Waals surface area contributed by atoms with Crippen molar-refractivity contribution in [3.63, 3.8) is 0 Å². The monoisotopic (exact) mass is 448 g/mol. The van der Waals surface area contributed by atoms with Crippen LogP contribution in [0, 0.1) is 17.2 Å². The van der Waals surface area contributed by atoms with E-state index in [-0.39, 0.29) is 24.3 Å². The highest BCUT2D eigenvalue weighted by Gasteiger charge is 2.27. The second-order valence-electron chi connectivity index (χ2n) is 8.59. The first-order valence-corrected chi connectivity index (χ1v) is 11.4. The van der Waals surface area contributed by atoms with Gasteiger partial charge in [-0.3, -0.25) is 9.59 Å². The van der Waals surface area contributed by atoms with E-state index in [0.29, 0.717) is 25.1 Å². The van der Waals surface area contributed by atoms with Crippen LogP contribution in [0.15, 0.2) is 54.6 Å². The molecule has 7 heteroatoms. The summed E-state index contributed by atoms with van der Waals surface area (Å²) < 4.78 is 6.38. The number of nitriles is 1. The molecule has 174 valence electrons. The number of benzene rings is 2. The number of carbonyl (C=O) groups is 2. The van der Waals surface area contributed by atoms with E-state index in [4.69, 9.17) is 10.00 Å². The van der Waals surface area contributed by atoms with Crippen LogP contribution in [0.25, 0.3) is 0 Å². The molecule has 0 bridgehead atoms. The van der Waals surface area contributed by atoms with E-state index in [2.05, 4.69) is 10.6 Å². The average molecular weight is 449 g/mol. The largest absolute Gasteiger partial charge is 0.356 e. The molecule has 0 aliphatic carbocycles. The zero-order valence-corrected chi connectivity index (χ0v) is 19.3. The fourth-order valence-corrected chi connectivity index (χ4v) is 3.89. The molecule has 2 amide bonds. The number of nitrogens with zero attached hydrogens (tertiary/aromatic N) is 2. The standard InChI is InChI=1S/C26H32N4O3/c1-19(2)18-23(25(31)29-13-12-27)33-24(20-6-4-3-5-7-20)21-8-10-22(11-9-21)26(32)30-16-14-28-15-17-30/h3-11,19,23-24,28H,13-18H2,1-2H3,(H,29,31)/t23-,24?/m0/s1. The Morgan fingerprint density at radius 2 is 1.70 bits per heavy atom. The third-order valence-electron chi connectivity index (χ3n) is 5.59. The summed E-state index contributed by atoms with van der Waals surface area (Å²) in [4.78, 5) is 27.4. The maximum absolute atomic E-state index is 12.8. The van der Waals surface area contributed by atoms with Crippen LogP contribution >= 0.6 is 0 Å². The van der Waals surface area contributed by atoms with Gasteiger partial charge in [0, 0.05) is 31.7 Å². The molecule has 0 saturated carbocycles. The number of hydrogen-bond acceptors (Lipinski definition) is 5. The lowest BCUT2D eigenvalue weighted by atomic mass is 9.98. The minimum absolute atomic E-state index is 0.0220. The third-order valence-corrected chi connectivity index (χ3v) is 5.59. The Morgan fingerprint density at radius 3 is 2.30 bits per heavy atom. The molecule has 1 saturated heterocycles. The van der Waals surface area contributed by atoms with Gasteiger partial charge >= 0.3 is 0 Å². The second-order valence-corrected chi connectivity index (χ2v) is 8.59. The molecule has 0 radical (unpaired) electrons. The number of ether oxygens (including phenoxy) is 1. The van der Waals surface area contributed by atoms with Crippen LogP contribution in [0.4, 0.5) is 0 Å². The number of amides is 2. The Hall–Kier alpha value is -3.21. The number of carbonyl (C=O) groups excluding carboxylic acids is 2. The van der Waals surface area contributed by atoms with Crippen LogP contribution in [-0.4, -0.2) is 55.5 Å². The molecular weight excluding hydrogens is 416 g/mol. The number of rotatable bonds is 9. The van der Waals surface area contributed by atoms with Gasteiger partial charge in [0.1, 0.15) is 18.8 Å². The van der Waals surface area contributed by atoms with Crippen molar-refractivity contribution in [1.82, 2.24) is 15.5 Å². The van der Waals surface area contributed by atoms with Gasteiger partial charge < -0.3 is 20.3 Å². The van der Waals surface area contributed by atoms with Gasteiger partial charge in [0.15, 0.2) is 0 Å². The van der Waals surface area contributed by atoms with Crippen molar-refractivity contribution in [2.45, 2.75) is 32.5 Å². The summed E-state index contributed by atoms with van der Waals surface area (Å²) in [5.41, 5.74) is 2.42. The quantitative estimate of drug-likeness (QED) is 0.575. The molecule has 1 aliphatic rings. The normalized spacial score (nSPS) is 15.5. The summed E-state index contributed by atoms with van der Waals surface area (Å²) in [6, 6.07) is 19.1. The molecule has 1 unspecified atom stereocenters. The lowest BCUT2D eigenvalue weighted by Gasteiger charge is -2.28. The van der Waals surface area contributed by atoms with Crippen LogP contribution in [0.5, 0.6) is 0 Å². The molecular formula is C26H32N4O3. The van der Waals surface area contributed by atoms with Gasteiger partial charge in [-0.25, -0.2) is 0 Å². The molecule has 0 aromatic heterocycles. The molecule has 2 aromatic carbocycles. The van der Waals surface area contributed by atoms with Crippen LogP contribution < -0.4 is 10.6 Å². The lowest BCUT2D eigenvalue weighted by molar-refractivity contribution is -0.136. The van der Waals surface area contributed by atoms with Crippen molar-refractivity contribution in [2.24, 2.45) is 5.92 Å². The third kappa shape index (κ3) is 6.88. The van der Waals surface area contributed by atoms with Crippen LogP contribution in [0.2, 0.25) is 0 Å². The first-order valence-electron chi connectivity index (χ1n) is 11.4. The highest BCUT2D eigenvalue weighted by atomic mass is 16.5. The molecule has 2 N–H and O–H groups in total. The summed E-state index contributed by atoms with van der Waals surface area (Å²) in [5, 5.41) is 14.7. The summed E-state index contributed by atoms with van der Waals surface area (Å²) in [6.07, 6.45) is -0.656. The van der Waals surface area contributed by atoms with Gasteiger partial charge in [0.05, 0.1) is 6.07 Å². The van der Waals surface area contributed by atoms with Crippen LogP contribution in [-0.2, 0) is 9.53 Å². The predicted octanol–water partition coefficient (Wildman–Crippen LogP) is 2.89. The minimum Gasteiger partial charge on any atom is -0.356 e. The summed E-state index contributed by atoms with van der Waals surface area (Å²) in [7, 11) is 0. The Balaban J connectivity index is 1.85. The molecule has 1 fully saturated rings. The fourth-order valence-electron chi connectivity index (χ4n) is 3.89. The zero-order valence-electron chi connectivity index (χ0n) is 19.3. The fraction of sp³-hybridized carbons (Fsp3) is 0.423. The molecule has 0 spiro atoms. The maximum Gasteiger partial charge on any atom is 0.253 e. The van der Waals surface area contributed by atoms with Crippen molar-refractivity contribution in [3.05, 3.63) is 71.3 Å². The topological polar surface area (TPSA) is 94.5 Å². The van der Waals surface area contributed by atoms with E-state index < -0.39 is 12.2 Å². The summed E-state index contributed by atoms with van der Waals surface area (Å²) in [6.45, 7) is 7.01. The highest BCUT2D eigenvalue weighted by Crippen LogP contribution is 2.29. The van der Waals surface area contributed by atoms with E-state index in [9.17, 15) is 9.59 Å². The van der Waals surface area contributed by atoms with Gasteiger partial charge in [-0.05, 0) is 35.6 Å². The van der Waals surface area contributed by atoms with Gasteiger partial charge in [-0.1, -0.05) is 56.3 Å². The van der Waals surface area contributed by atoms with Crippen LogP contribution in [0.1, 0.15) is 47.9 Å². The highest BCUT2D eigenvalue weighted by molar-refractivity contribution is 5.94. The Kier molecular flexibility index (Phi) is 8.99. The van der Waals surface area contributed by atoms with Crippen molar-refractivity contribution in [3.8, 4) is 6.07 Å². The maximum atomic E-state index is 12.8. The molecule has 1 aliphatic heterocycles. The van der Waals surface area contributed by atoms with Crippen molar-refractivity contribution < 1.29 is 14.3 Å². The molecule has 1 heterocycles. The van der Waals surface area contributed by atoms with E-state index in [0.717, 1.165) is 24.2 Å². The van der Waals surface area contributed by atoms with Gasteiger partial charge in [0.25, 0.3) is 5.91 Å². The number of hydrogen-bond donors (Lipinski definition) is 2. The molecule has 3 rings (SSSR count). The smallest absolute Gasteiger partial charge is 0.253 e. The molecule has 33 heavy (non-hydrogen) atoms. The van der Waals surface area contributed by atoms with E-state index in [1.807, 2.05) is 79.4 Å². The lowest BCUT2D eigenvalue weighted by Crippen LogP contribution is -2.46. The van der Waals surface area contributed by atoms with E-state index in [1.165, 1.54) is 0 Å². The van der Waals surface area contributed by atoms with Gasteiger partial charge in [-0.2, -0.15) is 5.26 Å². The van der Waals surface area contributed by atoms with Crippen molar-refractivity contribution in [2.75, 3.05) is 32.7 Å².